The van der Waals surface area contributed by atoms with E-state index in [1.54, 1.807) is 0 Å². The lowest BCUT2D eigenvalue weighted by Crippen LogP contribution is -1.93. The summed E-state index contributed by atoms with van der Waals surface area (Å²) in [6, 6.07) is 47.3. The van der Waals surface area contributed by atoms with Gasteiger partial charge in [-0.3, -0.25) is 0 Å². The highest BCUT2D eigenvalue weighted by molar-refractivity contribution is 6.04. The zero-order chi connectivity index (χ0) is 28.2. The number of fused-ring (bicyclic) bond motifs is 3. The number of hydrogen-bond acceptors (Lipinski definition) is 2. The third kappa shape index (κ3) is 3.84. The molecule has 8 rings (SSSR count). The zero-order valence-corrected chi connectivity index (χ0v) is 23.5. The first-order valence-corrected chi connectivity index (χ1v) is 14.2. The van der Waals surface area contributed by atoms with Crippen molar-refractivity contribution >= 4 is 32.8 Å². The highest BCUT2D eigenvalue weighted by Crippen LogP contribution is 2.36. The van der Waals surface area contributed by atoms with Crippen LogP contribution in [0.5, 0.6) is 0 Å². The second-order valence-electron chi connectivity index (χ2n) is 10.8. The molecule has 4 nitrogen and oxygen atoms in total. The molecule has 0 spiro atoms. The standard InChI is InChI=1S/C38H28N4/c1-41-35-15-5-3-13-33(35)39-37(41)27-21-17-25(18-22-27)29-9-7-12-32-30(10-8-11-31(29)32)26-19-23-28(24-20-26)38-40-34-14-4-6-16-36(34)42(38)2/h3-24H,1-2H3. The van der Waals surface area contributed by atoms with Gasteiger partial charge in [-0.05, 0) is 57.3 Å². The molecule has 0 aliphatic carbocycles. The van der Waals surface area contributed by atoms with Crippen LogP contribution in [0.2, 0.25) is 0 Å². The fourth-order valence-electron chi connectivity index (χ4n) is 6.22. The maximum atomic E-state index is 4.88. The Morgan fingerprint density at radius 3 is 1.17 bits per heavy atom. The van der Waals surface area contributed by atoms with Crippen LogP contribution in [-0.2, 0) is 14.1 Å². The number of rotatable bonds is 4. The summed E-state index contributed by atoms with van der Waals surface area (Å²) in [7, 11) is 4.16. The zero-order valence-electron chi connectivity index (χ0n) is 23.5. The first kappa shape index (κ1) is 24.3. The fourth-order valence-corrected chi connectivity index (χ4v) is 6.22. The average Bonchev–Trinajstić information content (AvgIpc) is 3.57. The Morgan fingerprint density at radius 2 is 0.762 bits per heavy atom. The normalized spacial score (nSPS) is 11.6. The Hall–Kier alpha value is -5.48. The molecule has 42 heavy (non-hydrogen) atoms. The topological polar surface area (TPSA) is 35.6 Å². The Kier molecular flexibility index (Phi) is 5.54. The summed E-state index contributed by atoms with van der Waals surface area (Å²) in [4.78, 5) is 9.76. The summed E-state index contributed by atoms with van der Waals surface area (Å²) in [5.74, 6) is 1.95. The Balaban J connectivity index is 1.15. The average molecular weight is 541 g/mol. The monoisotopic (exact) mass is 540 g/mol. The molecule has 0 bridgehead atoms. The van der Waals surface area contributed by atoms with Crippen LogP contribution in [0, 0.1) is 0 Å². The third-order valence-electron chi connectivity index (χ3n) is 8.40. The van der Waals surface area contributed by atoms with Gasteiger partial charge in [0.2, 0.25) is 0 Å². The van der Waals surface area contributed by atoms with E-state index in [0.717, 1.165) is 44.8 Å². The minimum absolute atomic E-state index is 0.977. The van der Waals surface area contributed by atoms with E-state index in [2.05, 4.69) is 145 Å². The molecule has 0 fully saturated rings. The van der Waals surface area contributed by atoms with Crippen molar-refractivity contribution in [2.45, 2.75) is 0 Å². The van der Waals surface area contributed by atoms with Crippen LogP contribution in [0.25, 0.3) is 77.9 Å². The Bertz CT molecular complexity index is 2090. The van der Waals surface area contributed by atoms with Crippen molar-refractivity contribution in [2.75, 3.05) is 0 Å². The molecule has 2 aromatic heterocycles. The molecular weight excluding hydrogens is 512 g/mol. The molecule has 4 heteroatoms. The summed E-state index contributed by atoms with van der Waals surface area (Å²) < 4.78 is 4.33. The summed E-state index contributed by atoms with van der Waals surface area (Å²) in [6.45, 7) is 0. The molecule has 0 aliphatic heterocycles. The maximum Gasteiger partial charge on any atom is 0.140 e. The van der Waals surface area contributed by atoms with Crippen LogP contribution >= 0.6 is 0 Å². The highest BCUT2D eigenvalue weighted by Gasteiger charge is 2.13. The van der Waals surface area contributed by atoms with Gasteiger partial charge in [-0.1, -0.05) is 109 Å². The van der Waals surface area contributed by atoms with Crippen LogP contribution in [0.4, 0.5) is 0 Å². The first-order valence-electron chi connectivity index (χ1n) is 14.2. The number of benzene rings is 6. The summed E-state index contributed by atoms with van der Waals surface area (Å²) >= 11 is 0. The molecule has 0 unspecified atom stereocenters. The smallest absolute Gasteiger partial charge is 0.140 e. The van der Waals surface area contributed by atoms with E-state index in [9.17, 15) is 0 Å². The van der Waals surface area contributed by atoms with Gasteiger partial charge in [-0.15, -0.1) is 0 Å². The number of aryl methyl sites for hydroxylation is 2. The third-order valence-corrected chi connectivity index (χ3v) is 8.40. The van der Waals surface area contributed by atoms with Crippen LogP contribution in [0.1, 0.15) is 0 Å². The van der Waals surface area contributed by atoms with Crippen molar-refractivity contribution in [1.29, 1.82) is 0 Å². The van der Waals surface area contributed by atoms with Crippen molar-refractivity contribution in [3.63, 3.8) is 0 Å². The lowest BCUT2D eigenvalue weighted by atomic mass is 9.92. The van der Waals surface area contributed by atoms with Crippen LogP contribution in [0.3, 0.4) is 0 Å². The Morgan fingerprint density at radius 1 is 0.381 bits per heavy atom. The SMILES string of the molecule is Cn1c(-c2ccc(-c3cccc4c(-c5ccc(-c6nc7ccccc7n6C)cc5)cccc34)cc2)nc2ccccc21. The fraction of sp³-hybridized carbons (Fsp3) is 0.0526. The second-order valence-corrected chi connectivity index (χ2v) is 10.8. The number of para-hydroxylation sites is 4. The van der Waals surface area contributed by atoms with E-state index in [4.69, 9.17) is 9.97 Å². The van der Waals surface area contributed by atoms with Crippen molar-refractivity contribution < 1.29 is 0 Å². The van der Waals surface area contributed by atoms with E-state index >= 15 is 0 Å². The van der Waals surface area contributed by atoms with E-state index in [1.807, 2.05) is 12.1 Å². The minimum Gasteiger partial charge on any atom is -0.327 e. The van der Waals surface area contributed by atoms with Crippen molar-refractivity contribution in [1.82, 2.24) is 19.1 Å². The lowest BCUT2D eigenvalue weighted by molar-refractivity contribution is 0.959. The van der Waals surface area contributed by atoms with Crippen LogP contribution in [-0.4, -0.2) is 19.1 Å². The predicted molar refractivity (Wildman–Crippen MR) is 174 cm³/mol. The number of nitrogens with zero attached hydrogens (tertiary/aromatic N) is 4. The molecule has 0 N–H and O–H groups in total. The number of imidazole rings is 2. The van der Waals surface area contributed by atoms with E-state index in [1.165, 1.54) is 33.0 Å². The molecule has 0 atom stereocenters. The van der Waals surface area contributed by atoms with E-state index < -0.39 is 0 Å². The van der Waals surface area contributed by atoms with Gasteiger partial charge in [0.1, 0.15) is 11.6 Å². The van der Waals surface area contributed by atoms with Gasteiger partial charge in [0.05, 0.1) is 22.1 Å². The molecule has 200 valence electrons. The molecule has 0 saturated heterocycles. The highest BCUT2D eigenvalue weighted by atomic mass is 15.1. The van der Waals surface area contributed by atoms with Crippen LogP contribution < -0.4 is 0 Å². The van der Waals surface area contributed by atoms with Crippen molar-refractivity contribution in [3.8, 4) is 45.0 Å². The second kappa shape index (κ2) is 9.57. The molecule has 6 aromatic carbocycles. The number of hydrogen-bond donors (Lipinski definition) is 0. The maximum absolute atomic E-state index is 4.88. The van der Waals surface area contributed by atoms with Gasteiger partial charge >= 0.3 is 0 Å². The van der Waals surface area contributed by atoms with Gasteiger partial charge in [0.15, 0.2) is 0 Å². The summed E-state index contributed by atoms with van der Waals surface area (Å²) in [6.07, 6.45) is 0. The molecule has 0 aliphatic rings. The lowest BCUT2D eigenvalue weighted by Gasteiger charge is -2.12. The Labute approximate surface area is 244 Å². The molecule has 2 heterocycles. The van der Waals surface area contributed by atoms with E-state index in [-0.39, 0.29) is 0 Å². The summed E-state index contributed by atoms with van der Waals surface area (Å²) in [5.41, 5.74) is 11.4. The molecular formula is C38H28N4. The minimum atomic E-state index is 0.977. The van der Waals surface area contributed by atoms with E-state index in [0.29, 0.717) is 0 Å². The van der Waals surface area contributed by atoms with Gasteiger partial charge in [-0.25, -0.2) is 9.97 Å². The number of aromatic nitrogens is 4. The largest absolute Gasteiger partial charge is 0.327 e. The van der Waals surface area contributed by atoms with Crippen LogP contribution in [0.15, 0.2) is 133 Å². The van der Waals surface area contributed by atoms with Crippen molar-refractivity contribution in [3.05, 3.63) is 133 Å². The quantitative estimate of drug-likeness (QED) is 0.223. The van der Waals surface area contributed by atoms with Gasteiger partial charge in [0, 0.05) is 25.2 Å². The molecule has 8 aromatic rings. The predicted octanol–water partition coefficient (Wildman–Crippen LogP) is 9.28. The van der Waals surface area contributed by atoms with Crippen molar-refractivity contribution in [2.24, 2.45) is 14.1 Å². The van der Waals surface area contributed by atoms with Gasteiger partial charge in [-0.2, -0.15) is 0 Å². The summed E-state index contributed by atoms with van der Waals surface area (Å²) in [5, 5.41) is 2.48. The molecule has 0 radical (unpaired) electrons. The van der Waals surface area contributed by atoms with Gasteiger partial charge < -0.3 is 9.13 Å². The molecule has 0 saturated carbocycles. The molecule has 0 amide bonds. The van der Waals surface area contributed by atoms with Gasteiger partial charge in [0.25, 0.3) is 0 Å². The first-order chi connectivity index (χ1) is 20.7.